The Morgan fingerprint density at radius 2 is 1.03 bits per heavy atom. The predicted octanol–water partition coefficient (Wildman–Crippen LogP) is 7.92. The van der Waals surface area contributed by atoms with E-state index in [1.165, 1.54) is 32.7 Å². The van der Waals surface area contributed by atoms with E-state index in [4.69, 9.17) is 11.6 Å². The Morgan fingerprint density at radius 3 is 1.81 bits per heavy atom. The van der Waals surface area contributed by atoms with Gasteiger partial charge < -0.3 is 0 Å². The van der Waals surface area contributed by atoms with Gasteiger partial charge in [0.2, 0.25) is 5.28 Å². The van der Waals surface area contributed by atoms with Gasteiger partial charge in [-0.25, -0.2) is 9.97 Å². The first-order valence-electron chi connectivity index (χ1n) is 10.2. The summed E-state index contributed by atoms with van der Waals surface area (Å²) in [5.41, 5.74) is 5.17. The van der Waals surface area contributed by atoms with Crippen LogP contribution in [0.2, 0.25) is 5.28 Å². The van der Waals surface area contributed by atoms with E-state index in [2.05, 4.69) is 88.8 Å². The van der Waals surface area contributed by atoms with Crippen LogP contribution >= 0.6 is 11.6 Å². The molecular weight excluding hydrogens is 400 g/mol. The van der Waals surface area contributed by atoms with Gasteiger partial charge in [-0.1, -0.05) is 78.9 Å². The molecule has 6 aromatic rings. The highest BCUT2D eigenvalue weighted by molar-refractivity contribution is 6.28. The summed E-state index contributed by atoms with van der Waals surface area (Å²) in [7, 11) is 0. The second-order valence-electron chi connectivity index (χ2n) is 7.70. The molecule has 0 atom stereocenters. The Kier molecular flexibility index (Phi) is 4.19. The van der Waals surface area contributed by atoms with Crippen LogP contribution in [0.4, 0.5) is 0 Å². The van der Waals surface area contributed by atoms with Gasteiger partial charge in [-0.15, -0.1) is 0 Å². The Hall–Kier alpha value is -3.75. The lowest BCUT2D eigenvalue weighted by atomic mass is 9.97. The minimum Gasteiger partial charge on any atom is -0.218 e. The number of rotatable bonds is 2. The summed E-state index contributed by atoms with van der Waals surface area (Å²) in [6.07, 6.45) is 0. The van der Waals surface area contributed by atoms with Gasteiger partial charge in [0.1, 0.15) is 0 Å². The van der Waals surface area contributed by atoms with Gasteiger partial charge in [0.05, 0.1) is 11.2 Å². The van der Waals surface area contributed by atoms with Gasteiger partial charge >= 0.3 is 0 Å². The third-order valence-electron chi connectivity index (χ3n) is 5.77. The maximum absolute atomic E-state index is 6.20. The summed E-state index contributed by atoms with van der Waals surface area (Å²) in [6.45, 7) is 0. The molecule has 5 aromatic carbocycles. The molecule has 1 aromatic heterocycles. The van der Waals surface area contributed by atoms with Crippen LogP contribution in [0.25, 0.3) is 54.8 Å². The molecule has 3 heteroatoms. The third-order valence-corrected chi connectivity index (χ3v) is 5.94. The molecule has 0 aliphatic heterocycles. The zero-order chi connectivity index (χ0) is 20.8. The molecule has 6 rings (SSSR count). The molecule has 146 valence electrons. The van der Waals surface area contributed by atoms with Crippen molar-refractivity contribution in [2.75, 3.05) is 0 Å². The Labute approximate surface area is 184 Å². The minimum atomic E-state index is 0.264. The van der Waals surface area contributed by atoms with Gasteiger partial charge in [-0.05, 0) is 68.5 Å². The highest BCUT2D eigenvalue weighted by Gasteiger charge is 2.10. The maximum atomic E-state index is 6.20. The molecule has 0 aliphatic rings. The molecule has 0 unspecified atom stereocenters. The van der Waals surface area contributed by atoms with E-state index in [-0.39, 0.29) is 5.28 Å². The van der Waals surface area contributed by atoms with Crippen LogP contribution in [0.1, 0.15) is 0 Å². The van der Waals surface area contributed by atoms with Crippen LogP contribution in [0.5, 0.6) is 0 Å². The second kappa shape index (κ2) is 7.19. The van der Waals surface area contributed by atoms with Crippen molar-refractivity contribution in [2.24, 2.45) is 0 Å². The summed E-state index contributed by atoms with van der Waals surface area (Å²) in [6, 6.07) is 36.1. The summed E-state index contributed by atoms with van der Waals surface area (Å²) in [4.78, 5) is 8.87. The quantitative estimate of drug-likeness (QED) is 0.268. The standard InChI is InChI=1S/C28H17ClN2/c29-28-30-26-8-4-3-7-25(26)27(31-28)24-14-13-22-16-21(11-12-23(22)17-24)20-10-9-18-5-1-2-6-19(18)15-20/h1-17H. The zero-order valence-electron chi connectivity index (χ0n) is 16.6. The lowest BCUT2D eigenvalue weighted by molar-refractivity contribution is 1.22. The number of halogens is 1. The van der Waals surface area contributed by atoms with Crippen LogP contribution in [0.3, 0.4) is 0 Å². The monoisotopic (exact) mass is 416 g/mol. The average Bonchev–Trinajstić information content (AvgIpc) is 2.82. The largest absolute Gasteiger partial charge is 0.223 e. The van der Waals surface area contributed by atoms with E-state index in [1.54, 1.807) is 0 Å². The van der Waals surface area contributed by atoms with E-state index < -0.39 is 0 Å². The first-order chi connectivity index (χ1) is 15.2. The zero-order valence-corrected chi connectivity index (χ0v) is 17.3. The van der Waals surface area contributed by atoms with Crippen molar-refractivity contribution in [2.45, 2.75) is 0 Å². The minimum absolute atomic E-state index is 0.264. The summed E-state index contributed by atoms with van der Waals surface area (Å²) < 4.78 is 0. The summed E-state index contributed by atoms with van der Waals surface area (Å²) in [5, 5.41) is 6.13. The van der Waals surface area contributed by atoms with Gasteiger partial charge in [-0.2, -0.15) is 0 Å². The molecule has 0 fully saturated rings. The maximum Gasteiger partial charge on any atom is 0.223 e. The molecule has 0 radical (unpaired) electrons. The second-order valence-corrected chi connectivity index (χ2v) is 8.04. The number of benzene rings is 5. The first kappa shape index (κ1) is 18.1. The molecule has 0 saturated carbocycles. The summed E-state index contributed by atoms with van der Waals surface area (Å²) in [5.74, 6) is 0. The van der Waals surface area contributed by atoms with Crippen molar-refractivity contribution in [3.8, 4) is 22.4 Å². The van der Waals surface area contributed by atoms with Gasteiger partial charge in [0.15, 0.2) is 0 Å². The van der Waals surface area contributed by atoms with Crippen LogP contribution in [0, 0.1) is 0 Å². The highest BCUT2D eigenvalue weighted by Crippen LogP contribution is 2.32. The molecule has 0 bridgehead atoms. The molecule has 1 heterocycles. The average molecular weight is 417 g/mol. The number of aromatic nitrogens is 2. The normalized spacial score (nSPS) is 11.4. The number of fused-ring (bicyclic) bond motifs is 3. The SMILES string of the molecule is Clc1nc(-c2ccc3cc(-c4ccc5ccccc5c4)ccc3c2)c2ccccc2n1. The van der Waals surface area contributed by atoms with E-state index in [0.717, 1.165) is 22.2 Å². The van der Waals surface area contributed by atoms with E-state index in [9.17, 15) is 0 Å². The lowest BCUT2D eigenvalue weighted by Gasteiger charge is -2.09. The van der Waals surface area contributed by atoms with E-state index >= 15 is 0 Å². The van der Waals surface area contributed by atoms with Crippen LogP contribution in [-0.4, -0.2) is 9.97 Å². The molecule has 0 N–H and O–H groups in total. The molecule has 0 aliphatic carbocycles. The molecule has 0 saturated heterocycles. The van der Waals surface area contributed by atoms with Crippen LogP contribution in [-0.2, 0) is 0 Å². The van der Waals surface area contributed by atoms with E-state index in [1.807, 2.05) is 24.3 Å². The number of nitrogens with zero attached hydrogens (tertiary/aromatic N) is 2. The van der Waals surface area contributed by atoms with E-state index in [0.29, 0.717) is 0 Å². The first-order valence-corrected chi connectivity index (χ1v) is 10.6. The Balaban J connectivity index is 1.46. The van der Waals surface area contributed by atoms with Crippen molar-refractivity contribution in [1.29, 1.82) is 0 Å². The fraction of sp³-hybridized carbons (Fsp3) is 0. The van der Waals surface area contributed by atoms with Crippen molar-refractivity contribution in [3.63, 3.8) is 0 Å². The van der Waals surface area contributed by atoms with Crippen LogP contribution in [0.15, 0.2) is 103 Å². The molecule has 0 amide bonds. The van der Waals surface area contributed by atoms with Gasteiger partial charge in [0, 0.05) is 10.9 Å². The number of hydrogen-bond acceptors (Lipinski definition) is 2. The smallest absolute Gasteiger partial charge is 0.218 e. The van der Waals surface area contributed by atoms with Crippen molar-refractivity contribution in [3.05, 3.63) is 108 Å². The molecular formula is C28H17ClN2. The molecule has 0 spiro atoms. The molecule has 2 nitrogen and oxygen atoms in total. The third kappa shape index (κ3) is 3.22. The van der Waals surface area contributed by atoms with Crippen molar-refractivity contribution in [1.82, 2.24) is 9.97 Å². The predicted molar refractivity (Wildman–Crippen MR) is 130 cm³/mol. The fourth-order valence-electron chi connectivity index (χ4n) is 4.21. The molecule has 31 heavy (non-hydrogen) atoms. The number of para-hydroxylation sites is 1. The Morgan fingerprint density at radius 1 is 0.484 bits per heavy atom. The highest BCUT2D eigenvalue weighted by atomic mass is 35.5. The fourth-order valence-corrected chi connectivity index (χ4v) is 4.39. The number of hydrogen-bond donors (Lipinski definition) is 0. The summed E-state index contributed by atoms with van der Waals surface area (Å²) >= 11 is 6.20. The van der Waals surface area contributed by atoms with Crippen molar-refractivity contribution >= 4 is 44.0 Å². The Bertz CT molecular complexity index is 1600. The van der Waals surface area contributed by atoms with Crippen molar-refractivity contribution < 1.29 is 0 Å². The lowest BCUT2D eigenvalue weighted by Crippen LogP contribution is -1.91. The van der Waals surface area contributed by atoms with Gasteiger partial charge in [0.25, 0.3) is 0 Å². The van der Waals surface area contributed by atoms with Gasteiger partial charge in [-0.3, -0.25) is 0 Å². The topological polar surface area (TPSA) is 25.8 Å². The van der Waals surface area contributed by atoms with Crippen LogP contribution < -0.4 is 0 Å².